The van der Waals surface area contributed by atoms with Gasteiger partial charge in [0.15, 0.2) is 0 Å². The number of carboxylic acid groups (broad SMARTS) is 1. The fourth-order valence-electron chi connectivity index (χ4n) is 3.95. The van der Waals surface area contributed by atoms with Gasteiger partial charge < -0.3 is 19.3 Å². The Hall–Kier alpha value is -2.92. The van der Waals surface area contributed by atoms with Crippen LogP contribution in [0.15, 0.2) is 35.8 Å². The second-order valence-electron chi connectivity index (χ2n) is 8.91. The number of rotatable bonds is 4. The molecule has 11 heteroatoms. The lowest BCUT2D eigenvalue weighted by molar-refractivity contribution is -0.192. The van der Waals surface area contributed by atoms with Crippen LogP contribution in [0.2, 0.25) is 0 Å². The molecule has 0 bridgehead atoms. The van der Waals surface area contributed by atoms with Crippen LogP contribution >= 0.6 is 11.3 Å². The maximum absolute atomic E-state index is 13.3. The number of hydrogen-bond donors (Lipinski definition) is 1. The van der Waals surface area contributed by atoms with Crippen molar-refractivity contribution in [3.05, 3.63) is 46.4 Å². The fraction of sp³-hybridized carbons (Fsp3) is 0.458. The third kappa shape index (κ3) is 6.21. The number of aliphatic carboxylic acids is 1. The van der Waals surface area contributed by atoms with Crippen molar-refractivity contribution in [3.8, 4) is 11.4 Å². The number of pyridine rings is 1. The highest BCUT2D eigenvalue weighted by molar-refractivity contribution is 7.10. The second-order valence-corrected chi connectivity index (χ2v) is 9.80. The van der Waals surface area contributed by atoms with Crippen LogP contribution in [0.4, 0.5) is 13.2 Å². The summed E-state index contributed by atoms with van der Waals surface area (Å²) in [5, 5.41) is 10.3. The molecule has 0 aliphatic carbocycles. The van der Waals surface area contributed by atoms with E-state index in [0.717, 1.165) is 53.4 Å². The number of nitrogens with zero attached hydrogens (tertiary/aromatic N) is 4. The van der Waals surface area contributed by atoms with Crippen LogP contribution in [0.25, 0.3) is 16.9 Å². The van der Waals surface area contributed by atoms with Crippen molar-refractivity contribution in [2.45, 2.75) is 44.8 Å². The zero-order valence-corrected chi connectivity index (χ0v) is 20.9. The first-order valence-electron chi connectivity index (χ1n) is 11.2. The number of amides is 1. The van der Waals surface area contributed by atoms with Gasteiger partial charge >= 0.3 is 12.1 Å². The Balaban J connectivity index is 0.000000429. The number of carbonyl (C=O) groups is 2. The van der Waals surface area contributed by atoms with Crippen molar-refractivity contribution in [1.82, 2.24) is 19.2 Å². The molecule has 0 atom stereocenters. The highest BCUT2D eigenvalue weighted by Crippen LogP contribution is 2.31. The maximum atomic E-state index is 13.3. The molecule has 3 aromatic heterocycles. The smallest absolute Gasteiger partial charge is 0.475 e. The zero-order valence-electron chi connectivity index (χ0n) is 20.0. The lowest BCUT2D eigenvalue weighted by Gasteiger charge is -2.35. The van der Waals surface area contributed by atoms with Gasteiger partial charge in [-0.2, -0.15) is 13.2 Å². The summed E-state index contributed by atoms with van der Waals surface area (Å²) < 4.78 is 33.8. The minimum absolute atomic E-state index is 0.131. The number of aromatic nitrogens is 2. The molecule has 190 valence electrons. The van der Waals surface area contributed by atoms with Gasteiger partial charge in [-0.3, -0.25) is 4.79 Å². The van der Waals surface area contributed by atoms with Crippen molar-refractivity contribution in [2.75, 3.05) is 27.2 Å². The van der Waals surface area contributed by atoms with Crippen LogP contribution in [0.5, 0.6) is 0 Å². The molecule has 0 radical (unpaired) electrons. The van der Waals surface area contributed by atoms with E-state index < -0.39 is 12.1 Å². The third-order valence-corrected chi connectivity index (χ3v) is 7.05. The number of carboxylic acids is 1. The number of carbonyl (C=O) groups excluding carboxylic acids is 1. The highest BCUT2D eigenvalue weighted by atomic mass is 32.1. The van der Waals surface area contributed by atoms with Gasteiger partial charge in [0.2, 0.25) is 0 Å². The molecular weight excluding hydrogens is 481 g/mol. The number of likely N-dealkylation sites (tertiary alicyclic amines) is 1. The van der Waals surface area contributed by atoms with Crippen LogP contribution < -0.4 is 0 Å². The highest BCUT2D eigenvalue weighted by Gasteiger charge is 2.38. The summed E-state index contributed by atoms with van der Waals surface area (Å²) in [7, 11) is 4.24. The van der Waals surface area contributed by atoms with Crippen molar-refractivity contribution in [3.63, 3.8) is 0 Å². The SMILES string of the molecule is CC(C)c1nc(-c2cc(C(=O)N3CCC(N(C)C)CC3)c3ccccn23)cs1.O=C(O)C(F)(F)F. The lowest BCUT2D eigenvalue weighted by atomic mass is 10.0. The fourth-order valence-corrected chi connectivity index (χ4v) is 4.78. The molecule has 0 spiro atoms. The monoisotopic (exact) mass is 510 g/mol. The van der Waals surface area contributed by atoms with Crippen LogP contribution in [0.1, 0.15) is 48.0 Å². The van der Waals surface area contributed by atoms with E-state index in [4.69, 9.17) is 14.9 Å². The number of hydrogen-bond acceptors (Lipinski definition) is 5. The molecule has 1 aliphatic rings. The molecule has 0 saturated carbocycles. The standard InChI is InChI=1S/C22H28N4OS.C2HF3O2/c1-15(2)21-23-18(14-28-21)20-13-17(19-7-5-6-10-26(19)20)22(27)25-11-8-16(9-12-25)24(3)4;3-2(4,5)1(6)7/h5-7,10,13-16H,8-9,11-12H2,1-4H3;(H,6,7). The average Bonchev–Trinajstić information content (AvgIpc) is 3.44. The lowest BCUT2D eigenvalue weighted by Crippen LogP contribution is -2.44. The number of piperidine rings is 1. The number of halogens is 3. The van der Waals surface area contributed by atoms with Crippen LogP contribution in [-0.2, 0) is 4.79 Å². The topological polar surface area (TPSA) is 78.2 Å². The minimum Gasteiger partial charge on any atom is -0.475 e. The second kappa shape index (κ2) is 10.8. The summed E-state index contributed by atoms with van der Waals surface area (Å²) in [6.45, 7) is 5.95. The van der Waals surface area contributed by atoms with Gasteiger partial charge in [-0.1, -0.05) is 19.9 Å². The van der Waals surface area contributed by atoms with E-state index in [9.17, 15) is 18.0 Å². The van der Waals surface area contributed by atoms with E-state index >= 15 is 0 Å². The molecule has 3 aromatic rings. The van der Waals surface area contributed by atoms with Gasteiger partial charge in [0.05, 0.1) is 27.5 Å². The van der Waals surface area contributed by atoms with Crippen molar-refractivity contribution < 1.29 is 27.9 Å². The third-order valence-electron chi connectivity index (χ3n) is 5.91. The molecular formula is C24H29F3N4O3S. The summed E-state index contributed by atoms with van der Waals surface area (Å²) in [6.07, 6.45) is -1.00. The van der Waals surface area contributed by atoms with Crippen molar-refractivity contribution in [1.29, 1.82) is 0 Å². The molecule has 0 aromatic carbocycles. The number of thiazole rings is 1. The molecule has 7 nitrogen and oxygen atoms in total. The van der Waals surface area contributed by atoms with E-state index in [1.807, 2.05) is 35.4 Å². The predicted molar refractivity (Wildman–Crippen MR) is 129 cm³/mol. The predicted octanol–water partition coefficient (Wildman–Crippen LogP) is 4.99. The summed E-state index contributed by atoms with van der Waals surface area (Å²) in [6, 6.07) is 8.61. The molecule has 1 amide bonds. The molecule has 35 heavy (non-hydrogen) atoms. The Morgan fingerprint density at radius 3 is 2.34 bits per heavy atom. The maximum Gasteiger partial charge on any atom is 0.490 e. The summed E-state index contributed by atoms with van der Waals surface area (Å²) in [5.74, 6) is -2.22. The minimum atomic E-state index is -5.08. The molecule has 4 heterocycles. The number of fused-ring (bicyclic) bond motifs is 1. The zero-order chi connectivity index (χ0) is 25.9. The van der Waals surface area contributed by atoms with Gasteiger partial charge in [-0.05, 0) is 45.1 Å². The first-order valence-corrected chi connectivity index (χ1v) is 12.1. The van der Waals surface area contributed by atoms with Crippen LogP contribution in [-0.4, -0.2) is 75.6 Å². The van der Waals surface area contributed by atoms with E-state index in [2.05, 4.69) is 42.6 Å². The van der Waals surface area contributed by atoms with E-state index in [1.165, 1.54) is 0 Å². The summed E-state index contributed by atoms with van der Waals surface area (Å²) >= 11 is 1.69. The van der Waals surface area contributed by atoms with E-state index in [1.54, 1.807) is 11.3 Å². The average molecular weight is 511 g/mol. The molecule has 1 saturated heterocycles. The quantitative estimate of drug-likeness (QED) is 0.535. The van der Waals surface area contributed by atoms with Gasteiger partial charge in [0.25, 0.3) is 5.91 Å². The summed E-state index contributed by atoms with van der Waals surface area (Å²) in [5.41, 5.74) is 3.67. The first-order chi connectivity index (χ1) is 16.4. The van der Waals surface area contributed by atoms with E-state index in [-0.39, 0.29) is 5.91 Å². The van der Waals surface area contributed by atoms with E-state index in [0.29, 0.717) is 12.0 Å². The summed E-state index contributed by atoms with van der Waals surface area (Å²) in [4.78, 5) is 31.3. The Bertz CT molecular complexity index is 1180. The van der Waals surface area contributed by atoms with Crippen LogP contribution in [0, 0.1) is 0 Å². The van der Waals surface area contributed by atoms with Gasteiger partial charge in [0, 0.05) is 36.6 Å². The Kier molecular flexibility index (Phi) is 8.22. The van der Waals surface area contributed by atoms with Crippen molar-refractivity contribution in [2.24, 2.45) is 0 Å². The van der Waals surface area contributed by atoms with Crippen LogP contribution in [0.3, 0.4) is 0 Å². The Labute approximate surface area is 205 Å². The van der Waals surface area contributed by atoms with Gasteiger partial charge in [-0.15, -0.1) is 11.3 Å². The molecule has 0 unspecified atom stereocenters. The van der Waals surface area contributed by atoms with Gasteiger partial charge in [0.1, 0.15) is 0 Å². The first kappa shape index (κ1) is 26.7. The normalized spacial score (nSPS) is 14.9. The van der Waals surface area contributed by atoms with Gasteiger partial charge in [-0.25, -0.2) is 9.78 Å². The Morgan fingerprint density at radius 1 is 1.20 bits per heavy atom. The van der Waals surface area contributed by atoms with Crippen molar-refractivity contribution >= 4 is 28.7 Å². The molecule has 1 aliphatic heterocycles. The molecule has 1 N–H and O–H groups in total. The largest absolute Gasteiger partial charge is 0.490 e. The molecule has 1 fully saturated rings. The molecule has 4 rings (SSSR count). The Morgan fingerprint density at radius 2 is 1.83 bits per heavy atom. The number of alkyl halides is 3.